The third-order valence-corrected chi connectivity index (χ3v) is 2.76. The number of nitrogens with one attached hydrogen (secondary N) is 2. The molecule has 0 fully saturated rings. The monoisotopic (exact) mass is 300 g/mol. The number of carbonyl (C=O) groups is 1. The first kappa shape index (κ1) is 15.8. The third-order valence-electron chi connectivity index (χ3n) is 2.76. The highest BCUT2D eigenvalue weighted by Crippen LogP contribution is 2.24. The number of hydrogen-bond donors (Lipinski definition) is 2. The number of anilines is 1. The van der Waals surface area contributed by atoms with Crippen molar-refractivity contribution in [1.82, 2.24) is 15.3 Å². The molecule has 0 aliphatic rings. The maximum Gasteiger partial charge on any atom is 0.319 e. The summed E-state index contributed by atoms with van der Waals surface area (Å²) in [6.45, 7) is 6.05. The largest absolute Gasteiger partial charge is 0.489 e. The van der Waals surface area contributed by atoms with E-state index in [2.05, 4.69) is 20.6 Å². The topological polar surface area (TPSA) is 76.1 Å². The predicted octanol–water partition coefficient (Wildman–Crippen LogP) is 2.89. The van der Waals surface area contributed by atoms with Crippen LogP contribution in [-0.2, 0) is 6.54 Å². The number of aryl methyl sites for hydroxylation is 1. The number of amides is 2. The van der Waals surface area contributed by atoms with Crippen molar-refractivity contribution in [2.24, 2.45) is 0 Å². The fraction of sp³-hybridized carbons (Fsp3) is 0.312. The summed E-state index contributed by atoms with van der Waals surface area (Å²) in [7, 11) is 0. The highest BCUT2D eigenvalue weighted by molar-refractivity contribution is 5.90. The first-order chi connectivity index (χ1) is 10.5. The summed E-state index contributed by atoms with van der Waals surface area (Å²) in [5, 5.41) is 5.51. The number of carbonyl (C=O) groups excluding carboxylic acids is 1. The summed E-state index contributed by atoms with van der Waals surface area (Å²) in [4.78, 5) is 20.3. The molecule has 0 bridgehead atoms. The summed E-state index contributed by atoms with van der Waals surface area (Å²) in [6, 6.07) is 7.00. The lowest BCUT2D eigenvalue weighted by Gasteiger charge is -2.15. The minimum Gasteiger partial charge on any atom is -0.489 e. The summed E-state index contributed by atoms with van der Waals surface area (Å²) < 4.78 is 5.66. The van der Waals surface area contributed by atoms with Gasteiger partial charge in [-0.15, -0.1) is 0 Å². The lowest BCUT2D eigenvalue weighted by atomic mass is 10.3. The fourth-order valence-corrected chi connectivity index (χ4v) is 1.77. The molecule has 0 saturated carbocycles. The molecule has 0 spiro atoms. The highest BCUT2D eigenvalue weighted by atomic mass is 16.5. The zero-order valence-corrected chi connectivity index (χ0v) is 13.0. The Morgan fingerprint density at radius 3 is 2.68 bits per heavy atom. The van der Waals surface area contributed by atoms with Gasteiger partial charge >= 0.3 is 6.03 Å². The standard InChI is InChI=1S/C16H20N4O2/c1-11(2)22-15-7-5-4-6-14(15)20-16(21)19-10-13-9-17-12(3)8-18-13/h4-9,11H,10H2,1-3H3,(H2,19,20,21). The molecule has 0 atom stereocenters. The number of para-hydroxylation sites is 2. The molecule has 116 valence electrons. The SMILES string of the molecule is Cc1cnc(CNC(=O)Nc2ccccc2OC(C)C)cn1. The van der Waals surface area contributed by atoms with Gasteiger partial charge < -0.3 is 15.4 Å². The van der Waals surface area contributed by atoms with E-state index in [4.69, 9.17) is 4.74 Å². The lowest BCUT2D eigenvalue weighted by molar-refractivity contribution is 0.241. The second-order valence-corrected chi connectivity index (χ2v) is 5.12. The van der Waals surface area contributed by atoms with Crippen molar-refractivity contribution in [3.8, 4) is 5.75 Å². The van der Waals surface area contributed by atoms with Crippen molar-refractivity contribution in [2.45, 2.75) is 33.4 Å². The molecule has 1 aromatic carbocycles. The van der Waals surface area contributed by atoms with Gasteiger partial charge in [0, 0.05) is 6.20 Å². The Bertz CT molecular complexity index is 626. The molecule has 1 heterocycles. The molecule has 1 aromatic heterocycles. The minimum absolute atomic E-state index is 0.0360. The molecule has 0 unspecified atom stereocenters. The van der Waals surface area contributed by atoms with Gasteiger partial charge in [0.05, 0.1) is 35.9 Å². The summed E-state index contributed by atoms with van der Waals surface area (Å²) in [5.41, 5.74) is 2.17. The van der Waals surface area contributed by atoms with Crippen LogP contribution in [-0.4, -0.2) is 22.1 Å². The highest BCUT2D eigenvalue weighted by Gasteiger charge is 2.08. The van der Waals surface area contributed by atoms with Gasteiger partial charge in [0.2, 0.25) is 0 Å². The number of rotatable bonds is 5. The third kappa shape index (κ3) is 4.73. The van der Waals surface area contributed by atoms with Crippen molar-refractivity contribution in [3.63, 3.8) is 0 Å². The first-order valence-electron chi connectivity index (χ1n) is 7.12. The summed E-state index contributed by atoms with van der Waals surface area (Å²) in [5.74, 6) is 0.641. The second kappa shape index (κ2) is 7.40. The zero-order chi connectivity index (χ0) is 15.9. The van der Waals surface area contributed by atoms with Crippen LogP contribution in [0.1, 0.15) is 25.2 Å². The van der Waals surface area contributed by atoms with Gasteiger partial charge in [-0.2, -0.15) is 0 Å². The summed E-state index contributed by atoms with van der Waals surface area (Å²) >= 11 is 0. The molecule has 2 N–H and O–H groups in total. The van der Waals surface area contributed by atoms with Gasteiger partial charge in [-0.05, 0) is 32.9 Å². The van der Waals surface area contributed by atoms with Crippen molar-refractivity contribution in [1.29, 1.82) is 0 Å². The van der Waals surface area contributed by atoms with Crippen LogP contribution in [0.3, 0.4) is 0 Å². The number of urea groups is 1. The van der Waals surface area contributed by atoms with E-state index in [1.807, 2.05) is 39.0 Å². The van der Waals surface area contributed by atoms with E-state index in [0.717, 1.165) is 5.69 Å². The van der Waals surface area contributed by atoms with E-state index < -0.39 is 0 Å². The van der Waals surface area contributed by atoms with Crippen LogP contribution in [0.15, 0.2) is 36.7 Å². The fourth-order valence-electron chi connectivity index (χ4n) is 1.77. The quantitative estimate of drug-likeness (QED) is 0.890. The molecule has 0 aliphatic heterocycles. The van der Waals surface area contributed by atoms with Crippen LogP contribution in [0.25, 0.3) is 0 Å². The zero-order valence-electron chi connectivity index (χ0n) is 13.0. The first-order valence-corrected chi connectivity index (χ1v) is 7.12. The van der Waals surface area contributed by atoms with Crippen LogP contribution in [0.4, 0.5) is 10.5 Å². The van der Waals surface area contributed by atoms with Crippen LogP contribution in [0.5, 0.6) is 5.75 Å². The molecule has 6 heteroatoms. The number of nitrogens with zero attached hydrogens (tertiary/aromatic N) is 2. The Labute approximate surface area is 129 Å². The lowest BCUT2D eigenvalue weighted by Crippen LogP contribution is -2.29. The Hall–Kier alpha value is -2.63. The number of hydrogen-bond acceptors (Lipinski definition) is 4. The molecule has 2 rings (SSSR count). The van der Waals surface area contributed by atoms with Crippen molar-refractivity contribution >= 4 is 11.7 Å². The van der Waals surface area contributed by atoms with Crippen LogP contribution in [0, 0.1) is 6.92 Å². The Balaban J connectivity index is 1.93. The van der Waals surface area contributed by atoms with E-state index in [1.54, 1.807) is 18.5 Å². The molecule has 0 aliphatic carbocycles. The molecule has 2 aromatic rings. The van der Waals surface area contributed by atoms with E-state index in [1.165, 1.54) is 0 Å². The van der Waals surface area contributed by atoms with Crippen molar-refractivity contribution < 1.29 is 9.53 Å². The van der Waals surface area contributed by atoms with Gasteiger partial charge in [0.25, 0.3) is 0 Å². The van der Waals surface area contributed by atoms with E-state index >= 15 is 0 Å². The summed E-state index contributed by atoms with van der Waals surface area (Å²) in [6.07, 6.45) is 3.35. The van der Waals surface area contributed by atoms with Crippen LogP contribution < -0.4 is 15.4 Å². The molecule has 2 amide bonds. The Morgan fingerprint density at radius 2 is 2.00 bits per heavy atom. The van der Waals surface area contributed by atoms with E-state index in [9.17, 15) is 4.79 Å². The van der Waals surface area contributed by atoms with Gasteiger partial charge in [-0.1, -0.05) is 12.1 Å². The van der Waals surface area contributed by atoms with E-state index in [0.29, 0.717) is 23.7 Å². The smallest absolute Gasteiger partial charge is 0.319 e. The minimum atomic E-state index is -0.317. The number of ether oxygens (including phenoxy) is 1. The van der Waals surface area contributed by atoms with Crippen LogP contribution >= 0.6 is 0 Å². The van der Waals surface area contributed by atoms with Gasteiger partial charge in [-0.25, -0.2) is 4.79 Å². The molecule has 0 radical (unpaired) electrons. The maximum absolute atomic E-state index is 12.0. The number of benzene rings is 1. The Morgan fingerprint density at radius 1 is 1.23 bits per heavy atom. The average Bonchev–Trinajstić information content (AvgIpc) is 2.48. The molecular formula is C16H20N4O2. The second-order valence-electron chi connectivity index (χ2n) is 5.12. The molecular weight excluding hydrogens is 280 g/mol. The molecule has 22 heavy (non-hydrogen) atoms. The van der Waals surface area contributed by atoms with Gasteiger partial charge in [0.15, 0.2) is 0 Å². The van der Waals surface area contributed by atoms with Crippen LogP contribution in [0.2, 0.25) is 0 Å². The normalized spacial score (nSPS) is 10.4. The predicted molar refractivity (Wildman–Crippen MR) is 84.8 cm³/mol. The van der Waals surface area contributed by atoms with E-state index in [-0.39, 0.29) is 12.1 Å². The Kier molecular flexibility index (Phi) is 5.30. The molecule has 0 saturated heterocycles. The van der Waals surface area contributed by atoms with Gasteiger partial charge in [0.1, 0.15) is 5.75 Å². The maximum atomic E-state index is 12.0. The van der Waals surface area contributed by atoms with Crippen molar-refractivity contribution in [3.05, 3.63) is 48.0 Å². The van der Waals surface area contributed by atoms with Crippen molar-refractivity contribution in [2.75, 3.05) is 5.32 Å². The van der Waals surface area contributed by atoms with Gasteiger partial charge in [-0.3, -0.25) is 9.97 Å². The molecule has 6 nitrogen and oxygen atoms in total. The number of aromatic nitrogens is 2. The average molecular weight is 300 g/mol.